The SMILES string of the molecule is CCC(CC)(OC)C(O)c1csc(C)c1. The molecule has 0 aliphatic rings. The lowest BCUT2D eigenvalue weighted by molar-refractivity contribution is -0.109. The van der Waals surface area contributed by atoms with E-state index in [-0.39, 0.29) is 0 Å². The van der Waals surface area contributed by atoms with Crippen LogP contribution < -0.4 is 0 Å². The Labute approximate surface area is 95.9 Å². The Morgan fingerprint density at radius 2 is 2.07 bits per heavy atom. The molecule has 15 heavy (non-hydrogen) atoms. The molecule has 0 amide bonds. The molecule has 0 saturated carbocycles. The fourth-order valence-corrected chi connectivity index (χ4v) is 2.67. The number of aliphatic hydroxyl groups is 1. The summed E-state index contributed by atoms with van der Waals surface area (Å²) in [6.45, 7) is 6.15. The minimum absolute atomic E-state index is 0.437. The largest absolute Gasteiger partial charge is 0.385 e. The summed E-state index contributed by atoms with van der Waals surface area (Å²) in [5.41, 5.74) is 0.538. The van der Waals surface area contributed by atoms with Crippen molar-refractivity contribution in [2.75, 3.05) is 7.11 Å². The second kappa shape index (κ2) is 5.10. The highest BCUT2D eigenvalue weighted by Crippen LogP contribution is 2.36. The zero-order chi connectivity index (χ0) is 11.5. The number of rotatable bonds is 5. The van der Waals surface area contributed by atoms with Gasteiger partial charge in [0.25, 0.3) is 0 Å². The molecular formula is C12H20O2S. The molecule has 0 spiro atoms. The summed E-state index contributed by atoms with van der Waals surface area (Å²) in [6.07, 6.45) is 1.11. The van der Waals surface area contributed by atoms with E-state index in [1.807, 2.05) is 18.4 Å². The van der Waals surface area contributed by atoms with E-state index in [1.165, 1.54) is 4.88 Å². The zero-order valence-electron chi connectivity index (χ0n) is 9.91. The van der Waals surface area contributed by atoms with Crippen molar-refractivity contribution in [2.45, 2.75) is 45.3 Å². The van der Waals surface area contributed by atoms with Gasteiger partial charge in [0.15, 0.2) is 0 Å². The molecule has 0 aromatic carbocycles. The van der Waals surface area contributed by atoms with Crippen LogP contribution in [0.25, 0.3) is 0 Å². The Balaban J connectivity index is 2.94. The summed E-state index contributed by atoms with van der Waals surface area (Å²) in [6, 6.07) is 2.04. The molecule has 1 N–H and O–H groups in total. The number of aliphatic hydroxyl groups excluding tert-OH is 1. The van der Waals surface area contributed by atoms with Gasteiger partial charge in [-0.25, -0.2) is 0 Å². The zero-order valence-corrected chi connectivity index (χ0v) is 10.7. The molecule has 1 heterocycles. The maximum absolute atomic E-state index is 10.3. The van der Waals surface area contributed by atoms with Crippen LogP contribution >= 0.6 is 11.3 Å². The first-order valence-corrected chi connectivity index (χ1v) is 6.25. The van der Waals surface area contributed by atoms with Gasteiger partial charge in [-0.2, -0.15) is 0 Å². The van der Waals surface area contributed by atoms with Crippen LogP contribution in [-0.2, 0) is 4.74 Å². The lowest BCUT2D eigenvalue weighted by Crippen LogP contribution is -2.37. The summed E-state index contributed by atoms with van der Waals surface area (Å²) >= 11 is 1.66. The molecule has 0 saturated heterocycles. The predicted octanol–water partition coefficient (Wildman–Crippen LogP) is 3.30. The van der Waals surface area contributed by atoms with E-state index in [9.17, 15) is 5.11 Å². The van der Waals surface area contributed by atoms with Crippen LogP contribution in [0.5, 0.6) is 0 Å². The molecule has 1 rings (SSSR count). The third-order valence-corrected chi connectivity index (χ3v) is 4.05. The first-order chi connectivity index (χ1) is 7.09. The van der Waals surface area contributed by atoms with Crippen molar-refractivity contribution in [3.8, 4) is 0 Å². The van der Waals surface area contributed by atoms with Gasteiger partial charge in [0.05, 0.1) is 5.60 Å². The van der Waals surface area contributed by atoms with Crippen molar-refractivity contribution in [3.63, 3.8) is 0 Å². The number of ether oxygens (including phenoxy) is 1. The minimum Gasteiger partial charge on any atom is -0.385 e. The van der Waals surface area contributed by atoms with Crippen molar-refractivity contribution in [1.29, 1.82) is 0 Å². The van der Waals surface area contributed by atoms with E-state index in [2.05, 4.69) is 13.8 Å². The quantitative estimate of drug-likeness (QED) is 0.838. The maximum Gasteiger partial charge on any atom is 0.109 e. The van der Waals surface area contributed by atoms with Gasteiger partial charge in [-0.05, 0) is 36.8 Å². The van der Waals surface area contributed by atoms with Crippen LogP contribution in [-0.4, -0.2) is 17.8 Å². The summed E-state index contributed by atoms with van der Waals surface area (Å²) in [7, 11) is 1.68. The van der Waals surface area contributed by atoms with Gasteiger partial charge in [-0.15, -0.1) is 11.3 Å². The summed E-state index contributed by atoms with van der Waals surface area (Å²) in [5.74, 6) is 0. The van der Waals surface area contributed by atoms with Gasteiger partial charge in [-0.1, -0.05) is 13.8 Å². The highest BCUT2D eigenvalue weighted by Gasteiger charge is 2.35. The van der Waals surface area contributed by atoms with E-state index in [0.717, 1.165) is 18.4 Å². The highest BCUT2D eigenvalue weighted by molar-refractivity contribution is 7.10. The van der Waals surface area contributed by atoms with Crippen LogP contribution in [0.1, 0.15) is 43.2 Å². The molecule has 86 valence electrons. The van der Waals surface area contributed by atoms with Gasteiger partial charge < -0.3 is 9.84 Å². The normalized spacial score (nSPS) is 14.2. The molecular weight excluding hydrogens is 208 g/mol. The van der Waals surface area contributed by atoms with Crippen molar-refractivity contribution in [1.82, 2.24) is 0 Å². The fraction of sp³-hybridized carbons (Fsp3) is 0.667. The lowest BCUT2D eigenvalue weighted by Gasteiger charge is -2.34. The summed E-state index contributed by atoms with van der Waals surface area (Å²) in [5, 5.41) is 12.3. The van der Waals surface area contributed by atoms with E-state index >= 15 is 0 Å². The molecule has 2 nitrogen and oxygen atoms in total. The number of hydrogen-bond acceptors (Lipinski definition) is 3. The third-order valence-electron chi connectivity index (χ3n) is 3.17. The minimum atomic E-state index is -0.526. The van der Waals surface area contributed by atoms with Crippen molar-refractivity contribution < 1.29 is 9.84 Å². The number of aryl methyl sites for hydroxylation is 1. The van der Waals surface area contributed by atoms with Gasteiger partial charge >= 0.3 is 0 Å². The van der Waals surface area contributed by atoms with Crippen LogP contribution in [0.3, 0.4) is 0 Å². The molecule has 1 unspecified atom stereocenters. The van der Waals surface area contributed by atoms with Crippen LogP contribution in [0.4, 0.5) is 0 Å². The standard InChI is InChI=1S/C12H20O2S/c1-5-12(6-2,14-4)11(13)10-7-9(3)15-8-10/h7-8,11,13H,5-6H2,1-4H3. The van der Waals surface area contributed by atoms with Gasteiger partial charge in [0.2, 0.25) is 0 Å². The average Bonchev–Trinajstić information content (AvgIpc) is 2.68. The maximum atomic E-state index is 10.3. The molecule has 3 heteroatoms. The number of hydrogen-bond donors (Lipinski definition) is 1. The van der Waals surface area contributed by atoms with E-state index in [4.69, 9.17) is 4.74 Å². The summed E-state index contributed by atoms with van der Waals surface area (Å²) in [4.78, 5) is 1.22. The van der Waals surface area contributed by atoms with Gasteiger partial charge in [0, 0.05) is 12.0 Å². The predicted molar refractivity (Wildman–Crippen MR) is 64.3 cm³/mol. The first-order valence-electron chi connectivity index (χ1n) is 5.38. The van der Waals surface area contributed by atoms with E-state index in [0.29, 0.717) is 0 Å². The summed E-state index contributed by atoms with van der Waals surface area (Å²) < 4.78 is 5.52. The van der Waals surface area contributed by atoms with Crippen molar-refractivity contribution >= 4 is 11.3 Å². The molecule has 0 bridgehead atoms. The van der Waals surface area contributed by atoms with Crippen molar-refractivity contribution in [2.24, 2.45) is 0 Å². The smallest absolute Gasteiger partial charge is 0.109 e. The lowest BCUT2D eigenvalue weighted by atomic mass is 9.87. The Morgan fingerprint density at radius 1 is 1.47 bits per heavy atom. The fourth-order valence-electron chi connectivity index (χ4n) is 1.95. The monoisotopic (exact) mass is 228 g/mol. The molecule has 0 radical (unpaired) electrons. The molecule has 0 aliphatic heterocycles. The van der Waals surface area contributed by atoms with Crippen molar-refractivity contribution in [3.05, 3.63) is 21.9 Å². The number of methoxy groups -OCH3 is 1. The first kappa shape index (κ1) is 12.7. The second-order valence-electron chi connectivity index (χ2n) is 3.87. The van der Waals surface area contributed by atoms with Crippen LogP contribution in [0.2, 0.25) is 0 Å². The Kier molecular flexibility index (Phi) is 4.32. The highest BCUT2D eigenvalue weighted by atomic mass is 32.1. The van der Waals surface area contributed by atoms with Gasteiger partial charge in [-0.3, -0.25) is 0 Å². The van der Waals surface area contributed by atoms with Crippen LogP contribution in [0, 0.1) is 6.92 Å². The second-order valence-corrected chi connectivity index (χ2v) is 4.98. The topological polar surface area (TPSA) is 29.5 Å². The van der Waals surface area contributed by atoms with E-state index in [1.54, 1.807) is 18.4 Å². The van der Waals surface area contributed by atoms with Crippen LogP contribution in [0.15, 0.2) is 11.4 Å². The van der Waals surface area contributed by atoms with Gasteiger partial charge in [0.1, 0.15) is 6.10 Å². The number of thiophene rings is 1. The van der Waals surface area contributed by atoms with E-state index < -0.39 is 11.7 Å². The third kappa shape index (κ3) is 2.41. The molecule has 0 fully saturated rings. The molecule has 1 aromatic heterocycles. The Hall–Kier alpha value is -0.380. The Morgan fingerprint density at radius 3 is 2.40 bits per heavy atom. The average molecular weight is 228 g/mol. The molecule has 1 atom stereocenters. The molecule has 1 aromatic rings. The Bertz CT molecular complexity index is 294. The molecule has 0 aliphatic carbocycles.